The quantitative estimate of drug-likeness (QED) is 0.607. The van der Waals surface area contributed by atoms with Gasteiger partial charge in [-0.3, -0.25) is 9.59 Å². The van der Waals surface area contributed by atoms with Crippen molar-refractivity contribution in [2.24, 2.45) is 5.92 Å². The number of ether oxygens (including phenoxy) is 1. The molecule has 3 rings (SSSR count). The van der Waals surface area contributed by atoms with Crippen LogP contribution in [0, 0.1) is 12.8 Å². The molecule has 1 aliphatic heterocycles. The Morgan fingerprint density at radius 3 is 2.72 bits per heavy atom. The Labute approximate surface area is 178 Å². The molecule has 2 heterocycles. The van der Waals surface area contributed by atoms with Gasteiger partial charge in [-0.05, 0) is 32.1 Å². The Morgan fingerprint density at radius 2 is 2.07 bits per heavy atom. The number of benzene rings is 1. The summed E-state index contributed by atoms with van der Waals surface area (Å²) < 4.78 is 11.3. The molecule has 0 bridgehead atoms. The number of hydrogen-bond acceptors (Lipinski definition) is 6. The fourth-order valence-electron chi connectivity index (χ4n) is 3.28. The highest BCUT2D eigenvalue weighted by Crippen LogP contribution is 2.30. The number of ketones is 1. The van der Waals surface area contributed by atoms with Crippen molar-refractivity contribution in [1.82, 2.24) is 15.4 Å². The lowest BCUT2D eigenvalue weighted by Gasteiger charge is -2.20. The zero-order chi connectivity index (χ0) is 21.0. The molecule has 154 valence electrons. The first kappa shape index (κ1) is 21.3. The van der Waals surface area contributed by atoms with E-state index < -0.39 is 5.92 Å². The van der Waals surface area contributed by atoms with Crippen LogP contribution in [-0.2, 0) is 9.53 Å². The van der Waals surface area contributed by atoms with Crippen LogP contribution in [-0.4, -0.2) is 55.1 Å². The summed E-state index contributed by atoms with van der Waals surface area (Å²) >= 11 is 3.41. The number of amides is 1. The van der Waals surface area contributed by atoms with Gasteiger partial charge in [-0.25, -0.2) is 0 Å². The van der Waals surface area contributed by atoms with Crippen molar-refractivity contribution in [2.75, 3.05) is 33.4 Å². The lowest BCUT2D eigenvalue weighted by Crippen LogP contribution is -2.37. The van der Waals surface area contributed by atoms with Crippen LogP contribution in [0.3, 0.4) is 0 Å². The number of Topliss-reactive ketones (excluding diaryl/α,β-unsaturated/α-hetero) is 1. The summed E-state index contributed by atoms with van der Waals surface area (Å²) in [5.74, 6) is -0.231. The largest absolute Gasteiger partial charge is 0.383 e. The second-order valence-corrected chi connectivity index (χ2v) is 7.69. The molecule has 7 nitrogen and oxygen atoms in total. The monoisotopic (exact) mass is 461 g/mol. The highest BCUT2D eigenvalue weighted by atomic mass is 79.9. The average Bonchev–Trinajstić information content (AvgIpc) is 3.36. The third-order valence-electron chi connectivity index (χ3n) is 4.91. The number of nitrogens with zero attached hydrogens (tertiary/aromatic N) is 2. The van der Waals surface area contributed by atoms with Crippen LogP contribution >= 0.6 is 15.9 Å². The second-order valence-electron chi connectivity index (χ2n) is 6.78. The number of methoxy groups -OCH3 is 1. The second kappa shape index (κ2) is 9.37. The molecule has 1 aliphatic rings. The van der Waals surface area contributed by atoms with Crippen molar-refractivity contribution in [3.8, 4) is 11.3 Å². The number of hydrogen-bond donors (Lipinski definition) is 1. The number of carbonyl (C=O) groups is 2. The average molecular weight is 462 g/mol. The van der Waals surface area contributed by atoms with E-state index in [9.17, 15) is 9.59 Å². The molecule has 1 amide bonds. The minimum absolute atomic E-state index is 0.114. The molecule has 8 heteroatoms. The highest BCUT2D eigenvalue weighted by Gasteiger charge is 2.32. The molecular formula is C21H24BrN3O4. The minimum atomic E-state index is -0.456. The molecule has 0 radical (unpaired) electrons. The molecule has 0 aliphatic carbocycles. The first-order valence-corrected chi connectivity index (χ1v) is 10.3. The Hall–Kier alpha value is -2.45. The normalized spacial score (nSPS) is 15.7. The maximum Gasteiger partial charge on any atom is 0.269 e. The first-order chi connectivity index (χ1) is 14.0. The van der Waals surface area contributed by atoms with Gasteiger partial charge in [0.05, 0.1) is 23.8 Å². The number of aryl methyl sites for hydroxylation is 1. The highest BCUT2D eigenvalue weighted by molar-refractivity contribution is 9.10. The van der Waals surface area contributed by atoms with Crippen molar-refractivity contribution in [1.29, 1.82) is 0 Å². The fourth-order valence-corrected chi connectivity index (χ4v) is 3.55. The summed E-state index contributed by atoms with van der Waals surface area (Å²) in [6, 6.07) is 7.54. The van der Waals surface area contributed by atoms with Gasteiger partial charge in [-0.15, -0.1) is 0 Å². The van der Waals surface area contributed by atoms with Crippen LogP contribution in [0.1, 0.15) is 23.0 Å². The summed E-state index contributed by atoms with van der Waals surface area (Å²) in [4.78, 5) is 27.6. The van der Waals surface area contributed by atoms with Gasteiger partial charge in [0.1, 0.15) is 11.5 Å². The smallest absolute Gasteiger partial charge is 0.269 e. The van der Waals surface area contributed by atoms with E-state index in [4.69, 9.17) is 9.26 Å². The Bertz CT molecular complexity index is 921. The maximum atomic E-state index is 13.2. The molecule has 1 aromatic heterocycles. The van der Waals surface area contributed by atoms with E-state index in [0.717, 1.165) is 10.0 Å². The lowest BCUT2D eigenvalue weighted by molar-refractivity contribution is -0.127. The van der Waals surface area contributed by atoms with Crippen LogP contribution in [0.4, 0.5) is 0 Å². The maximum absolute atomic E-state index is 13.2. The topological polar surface area (TPSA) is 84.7 Å². The van der Waals surface area contributed by atoms with Crippen LogP contribution in [0.5, 0.6) is 0 Å². The number of aromatic nitrogens is 1. The minimum Gasteiger partial charge on any atom is -0.383 e. The standard InChI is InChI=1S/C21H24BrN3O4/c1-4-25(9-10-28-3)21(27)17-11-15(12-23-17)20(26)18-13(2)29-24-19(18)14-5-7-16(22)8-6-14/h5-8,11,15,23H,4,9-10,12H2,1-3H3. The van der Waals surface area contributed by atoms with Gasteiger partial charge in [0, 0.05) is 36.8 Å². The van der Waals surface area contributed by atoms with Gasteiger partial charge in [0.2, 0.25) is 0 Å². The Balaban J connectivity index is 1.82. The van der Waals surface area contributed by atoms with E-state index in [-0.39, 0.29) is 11.7 Å². The predicted molar refractivity (Wildman–Crippen MR) is 112 cm³/mol. The molecular weight excluding hydrogens is 438 g/mol. The van der Waals surface area contributed by atoms with Gasteiger partial charge in [-0.1, -0.05) is 33.2 Å². The number of rotatable bonds is 8. The number of likely N-dealkylation sites (N-methyl/N-ethyl adjacent to an activating group) is 1. The molecule has 0 fully saturated rings. The van der Waals surface area contributed by atoms with Crippen molar-refractivity contribution in [3.63, 3.8) is 0 Å². The van der Waals surface area contributed by atoms with Crippen molar-refractivity contribution in [3.05, 3.63) is 51.8 Å². The molecule has 1 N–H and O–H groups in total. The molecule has 2 aromatic rings. The molecule has 1 atom stereocenters. The van der Waals surface area contributed by atoms with Crippen molar-refractivity contribution in [2.45, 2.75) is 13.8 Å². The van der Waals surface area contributed by atoms with Gasteiger partial charge >= 0.3 is 0 Å². The van der Waals surface area contributed by atoms with Crippen LogP contribution < -0.4 is 5.32 Å². The zero-order valence-corrected chi connectivity index (χ0v) is 18.3. The van der Waals surface area contributed by atoms with Gasteiger partial charge in [-0.2, -0.15) is 0 Å². The first-order valence-electron chi connectivity index (χ1n) is 9.46. The number of nitrogens with one attached hydrogen (secondary N) is 1. The predicted octanol–water partition coefficient (Wildman–Crippen LogP) is 3.19. The summed E-state index contributed by atoms with van der Waals surface area (Å²) in [5.41, 5.74) is 2.22. The Kier molecular flexibility index (Phi) is 6.87. The third-order valence-corrected chi connectivity index (χ3v) is 5.44. The van der Waals surface area contributed by atoms with Gasteiger partial charge in [0.25, 0.3) is 5.91 Å². The van der Waals surface area contributed by atoms with E-state index >= 15 is 0 Å². The van der Waals surface area contributed by atoms with E-state index in [1.54, 1.807) is 25.0 Å². The summed E-state index contributed by atoms with van der Waals surface area (Å²) in [6.45, 7) is 5.54. The zero-order valence-electron chi connectivity index (χ0n) is 16.7. The van der Waals surface area contributed by atoms with Crippen LogP contribution in [0.2, 0.25) is 0 Å². The van der Waals surface area contributed by atoms with E-state index in [1.807, 2.05) is 31.2 Å². The molecule has 29 heavy (non-hydrogen) atoms. The molecule has 0 saturated heterocycles. The summed E-state index contributed by atoms with van der Waals surface area (Å²) in [5, 5.41) is 7.17. The number of carbonyl (C=O) groups excluding carboxylic acids is 2. The van der Waals surface area contributed by atoms with Gasteiger partial charge < -0.3 is 19.5 Å². The van der Waals surface area contributed by atoms with E-state index in [1.165, 1.54) is 0 Å². The van der Waals surface area contributed by atoms with Crippen molar-refractivity contribution < 1.29 is 18.8 Å². The summed E-state index contributed by atoms with van der Waals surface area (Å²) in [6.07, 6.45) is 1.71. The van der Waals surface area contributed by atoms with Crippen LogP contribution in [0.25, 0.3) is 11.3 Å². The van der Waals surface area contributed by atoms with E-state index in [2.05, 4.69) is 26.4 Å². The molecule has 0 saturated carbocycles. The van der Waals surface area contributed by atoms with Crippen molar-refractivity contribution >= 4 is 27.6 Å². The Morgan fingerprint density at radius 1 is 1.34 bits per heavy atom. The fraction of sp³-hybridized carbons (Fsp3) is 0.381. The molecule has 1 aromatic carbocycles. The van der Waals surface area contributed by atoms with Gasteiger partial charge in [0.15, 0.2) is 5.78 Å². The summed E-state index contributed by atoms with van der Waals surface area (Å²) in [7, 11) is 1.60. The third kappa shape index (κ3) is 4.59. The number of halogens is 1. The van der Waals surface area contributed by atoms with E-state index in [0.29, 0.717) is 49.0 Å². The molecule has 0 spiro atoms. The molecule has 1 unspecified atom stereocenters. The van der Waals surface area contributed by atoms with Crippen LogP contribution in [0.15, 0.2) is 45.0 Å². The lowest BCUT2D eigenvalue weighted by atomic mass is 9.94. The SMILES string of the molecule is CCN(CCOC)C(=O)C1=CC(C(=O)c2c(-c3ccc(Br)cc3)noc2C)CN1.